The first-order chi connectivity index (χ1) is 5.33. The van der Waals surface area contributed by atoms with Crippen molar-refractivity contribution in [3.8, 4) is 0 Å². The maximum absolute atomic E-state index is 7.87. The van der Waals surface area contributed by atoms with E-state index in [2.05, 4.69) is 44.3 Å². The third kappa shape index (κ3) is 279. The van der Waals surface area contributed by atoms with Crippen molar-refractivity contribution < 1.29 is 29.3 Å². The summed E-state index contributed by atoms with van der Waals surface area (Å²) in [5, 5.41) is 0. The number of rotatable bonds is 1. The molecule has 78 valence electrons. The van der Waals surface area contributed by atoms with E-state index in [-0.39, 0.29) is 19.5 Å². The van der Waals surface area contributed by atoms with Gasteiger partial charge in [0.2, 0.25) is 5.69 Å². The van der Waals surface area contributed by atoms with E-state index in [1.165, 1.54) is 6.42 Å². The van der Waals surface area contributed by atoms with Gasteiger partial charge in [-0.25, -0.2) is 0 Å². The first-order valence-electron chi connectivity index (χ1n) is 3.63. The fourth-order valence-electron chi connectivity index (χ4n) is 0. The van der Waals surface area contributed by atoms with Crippen molar-refractivity contribution in [1.29, 1.82) is 0 Å². The van der Waals surface area contributed by atoms with E-state index < -0.39 is 5.69 Å². The smallest absolute Gasteiger partial charge is 0.338 e. The van der Waals surface area contributed by atoms with E-state index in [1.54, 1.807) is 0 Å². The van der Waals surface area contributed by atoms with Crippen molar-refractivity contribution >= 4 is 29.7 Å². The summed E-state index contributed by atoms with van der Waals surface area (Å²) >= 11 is 7.07. The molecule has 0 aliphatic rings. The molecule has 0 saturated carbocycles. The Morgan fingerprint density at radius 1 is 1.31 bits per heavy atom. The van der Waals surface area contributed by atoms with Crippen LogP contribution in [0.25, 0.3) is 0 Å². The molecule has 0 unspecified atom stereocenters. The van der Waals surface area contributed by atoms with E-state index in [4.69, 9.17) is 9.79 Å². The van der Waals surface area contributed by atoms with Crippen LogP contribution in [0.3, 0.4) is 0 Å². The molecule has 0 atom stereocenters. The Balaban J connectivity index is -0.0000000465. The molecule has 2 N–H and O–H groups in total. The fraction of sp³-hybridized carbons (Fsp3) is 0.714. The molecule has 0 aliphatic carbocycles. The summed E-state index contributed by atoms with van der Waals surface area (Å²) in [6.45, 7) is 8.18. The molecular weight excluding hydrogens is 277 g/mol. The zero-order valence-corrected chi connectivity index (χ0v) is 14.3. The van der Waals surface area contributed by atoms with Crippen LogP contribution in [0.2, 0.25) is 0 Å². The van der Waals surface area contributed by atoms with Gasteiger partial charge in [0.1, 0.15) is 0 Å². The molecule has 0 saturated heterocycles. The molecule has 0 heterocycles. The van der Waals surface area contributed by atoms with Gasteiger partial charge in [0.15, 0.2) is 0 Å². The third-order valence-electron chi connectivity index (χ3n) is 0.408. The van der Waals surface area contributed by atoms with Crippen LogP contribution in [-0.4, -0.2) is 9.79 Å². The zero-order valence-electron chi connectivity index (χ0n) is 8.77. The number of thiol groups is 1. The minimum atomic E-state index is -3.11. The predicted molar refractivity (Wildman–Crippen MR) is 63.6 cm³/mol. The summed E-state index contributed by atoms with van der Waals surface area (Å²) in [5.41, 5.74) is -3.11. The summed E-state index contributed by atoms with van der Waals surface area (Å²) in [6.07, 6.45) is 5.32. The van der Waals surface area contributed by atoms with Gasteiger partial charge < -0.3 is 22.6 Å². The van der Waals surface area contributed by atoms with Crippen LogP contribution in [-0.2, 0) is 31.3 Å². The molecule has 0 rings (SSSR count). The van der Waals surface area contributed by atoms with Crippen LogP contribution in [0.4, 0.5) is 0 Å². The molecule has 0 aromatic carbocycles. The summed E-state index contributed by atoms with van der Waals surface area (Å²) in [6, 6.07) is 0. The third-order valence-corrected chi connectivity index (χ3v) is 0.408. The molecule has 0 amide bonds. The molecule has 0 aromatic rings. The summed E-state index contributed by atoms with van der Waals surface area (Å²) in [7, 11) is 0. The Morgan fingerprint density at radius 2 is 1.38 bits per heavy atom. The second kappa shape index (κ2) is 19.2. The minimum Gasteiger partial charge on any atom is -0.338 e. The van der Waals surface area contributed by atoms with Crippen LogP contribution in [0.1, 0.15) is 34.1 Å². The quantitative estimate of drug-likeness (QED) is 0.301. The van der Waals surface area contributed by atoms with Gasteiger partial charge in [-0.05, 0) is 11.8 Å². The van der Waals surface area contributed by atoms with Crippen LogP contribution < -0.4 is 0 Å². The number of hydrogen-bond donors (Lipinski definition) is 3. The Morgan fingerprint density at radius 3 is 1.38 bits per heavy atom. The number of hydrogen-bond acceptors (Lipinski definition) is 1. The van der Waals surface area contributed by atoms with Crippen molar-refractivity contribution in [2.75, 3.05) is 0 Å². The first-order valence-corrected chi connectivity index (χ1v) is 7.49. The van der Waals surface area contributed by atoms with Crippen molar-refractivity contribution in [1.82, 2.24) is 0 Å². The molecule has 0 spiro atoms. The van der Waals surface area contributed by atoms with Gasteiger partial charge in [-0.3, -0.25) is 0 Å². The van der Waals surface area contributed by atoms with Gasteiger partial charge in [0.05, 0.1) is 0 Å². The molecule has 0 radical (unpaired) electrons. The molecule has 2 nitrogen and oxygen atoms in total. The van der Waals surface area contributed by atoms with Gasteiger partial charge in [-0.15, -0.1) is 0 Å². The standard InChI is InChI=1S/C4H9.C3H7.H3O2PS2.Zn/c1-3-4-2;1-3-2;1-3(2,4)5;/h3H,4H2,1-2H3;3H,1-2H3;(H3,1,2,4,5);/q2*-1;;+2. The Labute approximate surface area is 106 Å². The zero-order chi connectivity index (χ0) is 10.6. The van der Waals surface area contributed by atoms with Gasteiger partial charge >= 0.3 is 19.5 Å². The Bertz CT molecular complexity index is 98.4. The largest absolute Gasteiger partial charge is 2.00 e. The molecular formula is C7H19O2PS2Zn. The average molecular weight is 296 g/mol. The Kier molecular flexibility index (Phi) is 35.4. The van der Waals surface area contributed by atoms with E-state index in [1.807, 2.05) is 20.3 Å². The van der Waals surface area contributed by atoms with Crippen molar-refractivity contribution in [3.63, 3.8) is 0 Å². The monoisotopic (exact) mass is 294 g/mol. The normalized spacial score (nSPS) is 8.23. The van der Waals surface area contributed by atoms with Crippen molar-refractivity contribution in [2.45, 2.75) is 34.1 Å². The molecule has 0 aromatic heterocycles. The minimum absolute atomic E-state index is 0. The average Bonchev–Trinajstić information content (AvgIpc) is 1.85. The van der Waals surface area contributed by atoms with Crippen molar-refractivity contribution in [2.24, 2.45) is 0 Å². The SMILES string of the molecule is C[CH-]C.C[CH-]CC.OP(O)(=S)S.[Zn+2]. The fourth-order valence-corrected chi connectivity index (χ4v) is 0. The van der Waals surface area contributed by atoms with Crippen molar-refractivity contribution in [3.05, 3.63) is 12.8 Å². The van der Waals surface area contributed by atoms with Crippen LogP contribution in [0, 0.1) is 12.8 Å². The predicted octanol–water partition coefficient (Wildman–Crippen LogP) is 2.97. The van der Waals surface area contributed by atoms with Gasteiger partial charge in [0, 0.05) is 0 Å². The second-order valence-electron chi connectivity index (χ2n) is 1.91. The molecule has 0 fully saturated rings. The van der Waals surface area contributed by atoms with E-state index in [9.17, 15) is 0 Å². The second-order valence-corrected chi connectivity index (χ2v) is 6.95. The van der Waals surface area contributed by atoms with E-state index in [0.717, 1.165) is 0 Å². The van der Waals surface area contributed by atoms with E-state index >= 15 is 0 Å². The number of unbranched alkanes of at least 4 members (excludes halogenated alkanes) is 1. The van der Waals surface area contributed by atoms with Gasteiger partial charge in [0.25, 0.3) is 0 Å². The van der Waals surface area contributed by atoms with Crippen LogP contribution in [0.15, 0.2) is 0 Å². The van der Waals surface area contributed by atoms with Crippen LogP contribution in [0.5, 0.6) is 0 Å². The Hall–Kier alpha value is 1.54. The topological polar surface area (TPSA) is 40.5 Å². The summed E-state index contributed by atoms with van der Waals surface area (Å²) in [4.78, 5) is 15.7. The maximum atomic E-state index is 7.87. The summed E-state index contributed by atoms with van der Waals surface area (Å²) < 4.78 is 0. The van der Waals surface area contributed by atoms with E-state index in [0.29, 0.717) is 0 Å². The molecule has 6 heteroatoms. The van der Waals surface area contributed by atoms with Gasteiger partial charge in [-0.2, -0.15) is 27.2 Å². The van der Waals surface area contributed by atoms with Crippen LogP contribution >= 0.6 is 17.9 Å². The molecule has 0 bridgehead atoms. The molecule has 13 heavy (non-hydrogen) atoms. The maximum Gasteiger partial charge on any atom is 2.00 e. The first kappa shape index (κ1) is 24.0. The molecule has 0 aliphatic heterocycles. The van der Waals surface area contributed by atoms with Gasteiger partial charge in [-0.1, -0.05) is 19.2 Å². The summed E-state index contributed by atoms with van der Waals surface area (Å²) in [5.74, 6) is 0.